The molecule has 6 heteroatoms. The molecule has 1 atom stereocenters. The van der Waals surface area contributed by atoms with Crippen molar-refractivity contribution in [2.75, 3.05) is 27.3 Å². The highest BCUT2D eigenvalue weighted by Crippen LogP contribution is 2.31. The second-order valence-electron chi connectivity index (χ2n) is 7.91. The minimum absolute atomic E-state index is 0.0420. The SMILES string of the molecule is COc1ccc(CNC(=O)CC[C@H]2CCCN(C(=O)C3CCC3)C2)c(OC)c1. The van der Waals surface area contributed by atoms with Crippen molar-refractivity contribution >= 4 is 11.8 Å². The molecule has 0 spiro atoms. The summed E-state index contributed by atoms with van der Waals surface area (Å²) >= 11 is 0. The highest BCUT2D eigenvalue weighted by Gasteiger charge is 2.32. The summed E-state index contributed by atoms with van der Waals surface area (Å²) in [7, 11) is 3.22. The van der Waals surface area contributed by atoms with Gasteiger partial charge in [-0.2, -0.15) is 0 Å². The zero-order chi connectivity index (χ0) is 19.9. The molecule has 0 aromatic heterocycles. The lowest BCUT2D eigenvalue weighted by molar-refractivity contribution is -0.140. The zero-order valence-electron chi connectivity index (χ0n) is 17.0. The summed E-state index contributed by atoms with van der Waals surface area (Å²) in [5.74, 6) is 2.51. The average molecular weight is 389 g/mol. The van der Waals surface area contributed by atoms with Crippen LogP contribution >= 0.6 is 0 Å². The summed E-state index contributed by atoms with van der Waals surface area (Å²) in [6, 6.07) is 5.58. The lowest BCUT2D eigenvalue weighted by Gasteiger charge is -2.37. The number of methoxy groups -OCH3 is 2. The fourth-order valence-electron chi connectivity index (χ4n) is 4.03. The first kappa shape index (κ1) is 20.5. The van der Waals surface area contributed by atoms with Crippen LogP contribution in [0.3, 0.4) is 0 Å². The summed E-state index contributed by atoms with van der Waals surface area (Å²) < 4.78 is 10.6. The van der Waals surface area contributed by atoms with Crippen LogP contribution in [0.5, 0.6) is 11.5 Å². The fraction of sp³-hybridized carbons (Fsp3) is 0.636. The quantitative estimate of drug-likeness (QED) is 0.743. The van der Waals surface area contributed by atoms with Gasteiger partial charge in [-0.3, -0.25) is 9.59 Å². The van der Waals surface area contributed by atoms with Crippen molar-refractivity contribution in [1.29, 1.82) is 0 Å². The van der Waals surface area contributed by atoms with E-state index in [1.807, 2.05) is 23.1 Å². The number of hydrogen-bond acceptors (Lipinski definition) is 4. The number of nitrogens with zero attached hydrogens (tertiary/aromatic N) is 1. The Balaban J connectivity index is 1.42. The van der Waals surface area contributed by atoms with E-state index in [1.54, 1.807) is 14.2 Å². The maximum Gasteiger partial charge on any atom is 0.225 e. The molecule has 2 amide bonds. The van der Waals surface area contributed by atoms with E-state index in [1.165, 1.54) is 6.42 Å². The van der Waals surface area contributed by atoms with Crippen molar-refractivity contribution in [2.24, 2.45) is 11.8 Å². The normalized spacial score (nSPS) is 19.6. The predicted octanol–water partition coefficient (Wildman–Crippen LogP) is 3.14. The van der Waals surface area contributed by atoms with Gasteiger partial charge < -0.3 is 19.7 Å². The molecule has 0 bridgehead atoms. The van der Waals surface area contributed by atoms with Crippen LogP contribution in [-0.2, 0) is 16.1 Å². The van der Waals surface area contributed by atoms with E-state index < -0.39 is 0 Å². The van der Waals surface area contributed by atoms with E-state index in [2.05, 4.69) is 5.32 Å². The van der Waals surface area contributed by atoms with E-state index in [0.29, 0.717) is 30.5 Å². The summed E-state index contributed by atoms with van der Waals surface area (Å²) in [6.45, 7) is 2.13. The Labute approximate surface area is 167 Å². The number of benzene rings is 1. The highest BCUT2D eigenvalue weighted by molar-refractivity contribution is 5.79. The van der Waals surface area contributed by atoms with E-state index in [0.717, 1.165) is 56.5 Å². The van der Waals surface area contributed by atoms with E-state index in [9.17, 15) is 9.59 Å². The van der Waals surface area contributed by atoms with Gasteiger partial charge in [0.1, 0.15) is 11.5 Å². The molecule has 1 saturated heterocycles. The summed E-state index contributed by atoms with van der Waals surface area (Å²) in [5.41, 5.74) is 0.923. The first-order chi connectivity index (χ1) is 13.6. The Kier molecular flexibility index (Phi) is 7.18. The number of hydrogen-bond donors (Lipinski definition) is 1. The van der Waals surface area contributed by atoms with Gasteiger partial charge in [-0.25, -0.2) is 0 Å². The van der Waals surface area contributed by atoms with Gasteiger partial charge in [-0.05, 0) is 50.2 Å². The molecule has 28 heavy (non-hydrogen) atoms. The molecule has 6 nitrogen and oxygen atoms in total. The number of piperidine rings is 1. The molecule has 1 saturated carbocycles. The highest BCUT2D eigenvalue weighted by atomic mass is 16.5. The van der Waals surface area contributed by atoms with Crippen LogP contribution in [0.15, 0.2) is 18.2 Å². The summed E-state index contributed by atoms with van der Waals surface area (Å²) in [5, 5.41) is 2.98. The van der Waals surface area contributed by atoms with Crippen LogP contribution in [0.1, 0.15) is 50.5 Å². The van der Waals surface area contributed by atoms with Crippen LogP contribution < -0.4 is 14.8 Å². The summed E-state index contributed by atoms with van der Waals surface area (Å²) in [4.78, 5) is 26.8. The number of carbonyl (C=O) groups excluding carboxylic acids is 2. The Bertz CT molecular complexity index is 687. The van der Waals surface area contributed by atoms with Crippen molar-refractivity contribution in [3.8, 4) is 11.5 Å². The van der Waals surface area contributed by atoms with Gasteiger partial charge in [0.05, 0.1) is 14.2 Å². The van der Waals surface area contributed by atoms with Crippen molar-refractivity contribution in [2.45, 2.75) is 51.5 Å². The number of rotatable bonds is 8. The van der Waals surface area contributed by atoms with Gasteiger partial charge in [0.15, 0.2) is 0 Å². The molecule has 1 heterocycles. The number of nitrogens with one attached hydrogen (secondary N) is 1. The molecule has 1 aromatic rings. The number of likely N-dealkylation sites (tertiary alicyclic amines) is 1. The molecule has 1 aromatic carbocycles. The Morgan fingerprint density at radius 2 is 1.96 bits per heavy atom. The molecule has 0 radical (unpaired) electrons. The molecule has 1 N–H and O–H groups in total. The predicted molar refractivity (Wildman–Crippen MR) is 107 cm³/mol. The van der Waals surface area contributed by atoms with E-state index in [4.69, 9.17) is 9.47 Å². The van der Waals surface area contributed by atoms with Gasteiger partial charge in [-0.1, -0.05) is 6.42 Å². The molecule has 1 aliphatic heterocycles. The van der Waals surface area contributed by atoms with Gasteiger partial charge >= 0.3 is 0 Å². The minimum atomic E-state index is 0.0420. The summed E-state index contributed by atoms with van der Waals surface area (Å²) in [6.07, 6.45) is 6.78. The molecule has 0 unspecified atom stereocenters. The molecule has 154 valence electrons. The second-order valence-corrected chi connectivity index (χ2v) is 7.91. The molecule has 1 aliphatic carbocycles. The van der Waals surface area contributed by atoms with Gasteiger partial charge in [0, 0.05) is 43.6 Å². The molecular formula is C22H32N2O4. The minimum Gasteiger partial charge on any atom is -0.497 e. The maximum atomic E-state index is 12.5. The average Bonchev–Trinajstić information content (AvgIpc) is 2.69. The van der Waals surface area contributed by atoms with Crippen LogP contribution in [0.2, 0.25) is 0 Å². The Morgan fingerprint density at radius 1 is 1.14 bits per heavy atom. The van der Waals surface area contributed by atoms with E-state index >= 15 is 0 Å². The largest absolute Gasteiger partial charge is 0.497 e. The van der Waals surface area contributed by atoms with Crippen LogP contribution in [0, 0.1) is 11.8 Å². The fourth-order valence-corrected chi connectivity index (χ4v) is 4.03. The third-order valence-electron chi connectivity index (χ3n) is 6.03. The maximum absolute atomic E-state index is 12.5. The van der Waals surface area contributed by atoms with Crippen molar-refractivity contribution in [3.05, 3.63) is 23.8 Å². The first-order valence-electron chi connectivity index (χ1n) is 10.4. The van der Waals surface area contributed by atoms with Crippen molar-refractivity contribution in [1.82, 2.24) is 10.2 Å². The molecule has 3 rings (SSSR count). The van der Waals surface area contributed by atoms with Crippen molar-refractivity contribution < 1.29 is 19.1 Å². The standard InChI is InChI=1S/C22H32N2O4/c1-27-19-10-9-18(20(13-19)28-2)14-23-21(25)11-8-16-5-4-12-24(15-16)22(26)17-6-3-7-17/h9-10,13,16-17H,3-8,11-12,14-15H2,1-2H3,(H,23,25)/t16-/m1/s1. The van der Waals surface area contributed by atoms with Crippen molar-refractivity contribution in [3.63, 3.8) is 0 Å². The topological polar surface area (TPSA) is 67.9 Å². The number of carbonyl (C=O) groups is 2. The van der Waals surface area contributed by atoms with Gasteiger partial charge in [0.2, 0.25) is 11.8 Å². The molecular weight excluding hydrogens is 356 g/mol. The lowest BCUT2D eigenvalue weighted by atomic mass is 9.83. The Hall–Kier alpha value is -2.24. The van der Waals surface area contributed by atoms with Crippen LogP contribution in [-0.4, -0.2) is 44.0 Å². The lowest BCUT2D eigenvalue weighted by Crippen LogP contribution is -2.44. The third-order valence-corrected chi connectivity index (χ3v) is 6.03. The van der Waals surface area contributed by atoms with Gasteiger partial charge in [-0.15, -0.1) is 0 Å². The van der Waals surface area contributed by atoms with Crippen LogP contribution in [0.25, 0.3) is 0 Å². The molecule has 2 aliphatic rings. The number of amides is 2. The monoisotopic (exact) mass is 388 g/mol. The second kappa shape index (κ2) is 9.80. The Morgan fingerprint density at radius 3 is 2.64 bits per heavy atom. The third kappa shape index (κ3) is 5.18. The smallest absolute Gasteiger partial charge is 0.225 e. The van der Waals surface area contributed by atoms with Gasteiger partial charge in [0.25, 0.3) is 0 Å². The van der Waals surface area contributed by atoms with E-state index in [-0.39, 0.29) is 11.8 Å². The first-order valence-corrected chi connectivity index (χ1v) is 10.4. The number of ether oxygens (including phenoxy) is 2. The zero-order valence-corrected chi connectivity index (χ0v) is 17.0. The molecule has 2 fully saturated rings. The van der Waals surface area contributed by atoms with Crippen LogP contribution in [0.4, 0.5) is 0 Å².